The van der Waals surface area contributed by atoms with Crippen LogP contribution in [0, 0.1) is 51.4 Å². The van der Waals surface area contributed by atoms with Gasteiger partial charge in [0.1, 0.15) is 5.75 Å². The Labute approximate surface area is 200 Å². The summed E-state index contributed by atoms with van der Waals surface area (Å²) in [4.78, 5) is 0. The lowest BCUT2D eigenvalue weighted by Crippen LogP contribution is -2.88. The molecule has 0 amide bonds. The highest BCUT2D eigenvalue weighted by atomic mass is 30.4. The highest BCUT2D eigenvalue weighted by molar-refractivity contribution is 8.11. The number of hydrogen-bond acceptors (Lipinski definition) is 4. The fraction of sp³-hybridized carbons (Fsp3) is 0.294. The fourth-order valence-electron chi connectivity index (χ4n) is 3.19. The van der Waals surface area contributed by atoms with E-state index in [1.165, 1.54) is 0 Å². The van der Waals surface area contributed by atoms with E-state index in [2.05, 4.69) is 80.1 Å². The van der Waals surface area contributed by atoms with E-state index in [0.29, 0.717) is 12.5 Å². The molecule has 16 radical (unpaired) electrons. The van der Waals surface area contributed by atoms with E-state index in [9.17, 15) is 0 Å². The van der Waals surface area contributed by atoms with Gasteiger partial charge < -0.3 is 18.0 Å². The largest absolute Gasteiger partial charge is 0.514 e. The van der Waals surface area contributed by atoms with Crippen LogP contribution in [-0.2, 0) is 19.7 Å². The van der Waals surface area contributed by atoms with Gasteiger partial charge in [-0.2, -0.15) is 0 Å². The van der Waals surface area contributed by atoms with Crippen molar-refractivity contribution in [3.05, 3.63) is 28.8 Å². The summed E-state index contributed by atoms with van der Waals surface area (Å²) in [5, 5.41) is 0. The third kappa shape index (κ3) is 5.64. The minimum atomic E-state index is -2.96. The summed E-state index contributed by atoms with van der Waals surface area (Å²) in [7, 11) is 18.8. The Kier molecular flexibility index (Phi) is 10.0. The van der Waals surface area contributed by atoms with Crippen molar-refractivity contribution in [2.45, 2.75) is 26.3 Å². The second kappa shape index (κ2) is 11.1. The van der Waals surface area contributed by atoms with Crippen LogP contribution in [0.2, 0.25) is 6.04 Å². The lowest BCUT2D eigenvalue weighted by atomic mass is 10.0. The Bertz CT molecular complexity index is 863. The maximum Gasteiger partial charge on any atom is 0.512 e. The van der Waals surface area contributed by atoms with Crippen LogP contribution in [0.15, 0.2) is 12.1 Å². The highest BCUT2D eigenvalue weighted by Crippen LogP contribution is 2.32. The van der Waals surface area contributed by atoms with Gasteiger partial charge in [-0.1, -0.05) is 31.4 Å². The molecule has 30 heavy (non-hydrogen) atoms. The van der Waals surface area contributed by atoms with Crippen molar-refractivity contribution in [1.82, 2.24) is 0 Å². The number of ether oxygens (including phenoxy) is 1. The summed E-state index contributed by atoms with van der Waals surface area (Å²) in [5.74, 6) is 0.826. The summed E-state index contributed by atoms with van der Waals surface area (Å²) in [6, 6.07) is 4.80. The number of hydrogen-bond donors (Lipinski definition) is 0. The van der Waals surface area contributed by atoms with Crippen LogP contribution in [0.4, 0.5) is 0 Å². The molecule has 1 unspecified atom stereocenters. The Morgan fingerprint density at radius 2 is 1.50 bits per heavy atom. The lowest BCUT2D eigenvalue weighted by Gasteiger charge is -2.48. The molecule has 0 saturated carbocycles. The van der Waals surface area contributed by atoms with E-state index in [4.69, 9.17) is 37.3 Å². The number of terminal acetylenes is 3. The molecule has 0 fully saturated rings. The van der Waals surface area contributed by atoms with Gasteiger partial charge in [-0.05, 0) is 43.0 Å². The van der Waals surface area contributed by atoms with Crippen molar-refractivity contribution in [3.63, 3.8) is 0 Å². The third-order valence-electron chi connectivity index (χ3n) is 4.73. The summed E-state index contributed by atoms with van der Waals surface area (Å²) in [6.07, 6.45) is 21.4. The molecule has 0 aliphatic rings. The summed E-state index contributed by atoms with van der Waals surface area (Å²) in [6.45, 7) is -1.73. The number of aryl methyl sites for hydroxylation is 3. The molecule has 0 N–H and O–H groups in total. The minimum absolute atomic E-state index is 0.654. The molecule has 0 aliphatic carbocycles. The molecule has 13 heteroatoms. The molecule has 1 atom stereocenters. The predicted octanol–water partition coefficient (Wildman–Crippen LogP) is -0.431. The average Bonchev–Trinajstić information content (AvgIpc) is 2.62. The molecule has 0 aliphatic heterocycles. The monoisotopic (exact) mass is 538 g/mol. The van der Waals surface area contributed by atoms with Crippen LogP contribution < -0.4 is 4.74 Å². The lowest BCUT2D eigenvalue weighted by molar-refractivity contribution is 0.400. The first-order valence-corrected chi connectivity index (χ1v) is 26.5. The van der Waals surface area contributed by atoms with Crippen LogP contribution in [0.25, 0.3) is 0 Å². The Morgan fingerprint density at radius 1 is 0.933 bits per heavy atom. The van der Waals surface area contributed by atoms with Crippen molar-refractivity contribution in [2.75, 3.05) is 7.11 Å². The number of methoxy groups -OCH3 is 1. The van der Waals surface area contributed by atoms with Gasteiger partial charge in [-0.15, -0.1) is 0 Å². The zero-order valence-electron chi connectivity index (χ0n) is 16.9. The van der Waals surface area contributed by atoms with Crippen molar-refractivity contribution in [1.29, 1.82) is 0 Å². The molecule has 0 spiro atoms. The first kappa shape index (κ1) is 27.1. The zero-order valence-corrected chi connectivity index (χ0v) is 25.9. The van der Waals surface area contributed by atoms with Gasteiger partial charge >= 0.3 is 8.80 Å². The van der Waals surface area contributed by atoms with Gasteiger partial charge in [0.15, 0.2) is 6.63 Å². The Morgan fingerprint density at radius 3 is 1.93 bits per heavy atom. The second-order valence-electron chi connectivity index (χ2n) is 6.53. The summed E-state index contributed by atoms with van der Waals surface area (Å²) < 4.78 is 22.6. The molecular formula is C17H18O4Si9. The van der Waals surface area contributed by atoms with Crippen molar-refractivity contribution in [2.24, 2.45) is 0 Å². The normalized spacial score (nSPS) is 13.4. The molecule has 1 rings (SSSR count). The molecule has 0 aromatic heterocycles. The molecular weight excluding hydrogens is 521 g/mol. The third-order valence-corrected chi connectivity index (χ3v) is 81.7. The molecule has 0 saturated heterocycles. The van der Waals surface area contributed by atoms with E-state index in [0.717, 1.165) is 22.4 Å². The van der Waals surface area contributed by atoms with E-state index < -0.39 is 28.4 Å². The average molecular weight is 539 g/mol. The van der Waals surface area contributed by atoms with Crippen molar-refractivity contribution in [3.8, 4) is 43.3 Å². The van der Waals surface area contributed by atoms with Gasteiger partial charge in [0, 0.05) is 35.4 Å². The molecule has 1 aromatic carbocycles. The van der Waals surface area contributed by atoms with Crippen molar-refractivity contribution < 1.29 is 18.0 Å². The van der Waals surface area contributed by atoms with Crippen LogP contribution in [0.3, 0.4) is 0 Å². The van der Waals surface area contributed by atoms with Gasteiger partial charge in [-0.25, -0.2) is 0 Å². The van der Waals surface area contributed by atoms with Crippen LogP contribution in [0.5, 0.6) is 5.75 Å². The van der Waals surface area contributed by atoms with Gasteiger partial charge in [-0.3, -0.25) is 0 Å². The van der Waals surface area contributed by atoms with E-state index in [1.807, 2.05) is 13.0 Å². The maximum atomic E-state index is 5.78. The van der Waals surface area contributed by atoms with Gasteiger partial charge in [0.2, 0.25) is 6.87 Å². The SMILES string of the molecule is C#CO[Si](OC#C)[Si](CCc1cc(OC)c(C)cc1C)([Si]([Si])([Si])[Si])[Si]([Si])([Si])OC#C. The Hall–Kier alpha value is -0.948. The van der Waals surface area contributed by atoms with Crippen LogP contribution in [-0.4, -0.2) is 84.4 Å². The predicted molar refractivity (Wildman–Crippen MR) is 133 cm³/mol. The molecule has 0 bridgehead atoms. The standard InChI is InChI=1S/C17H18O4Si9/c1-7-19-27(20-8-2)28(30(24,25)26,29(22,23)21-9-3)11-10-16-13-17(18-6)15(5)12-14(16)4/h1-3,12-13H,10-11H2,4-6H3. The first-order chi connectivity index (χ1) is 13.9. The maximum absolute atomic E-state index is 5.78. The molecule has 146 valence electrons. The van der Waals surface area contributed by atoms with Crippen LogP contribution >= 0.6 is 0 Å². The number of benzene rings is 1. The van der Waals surface area contributed by atoms with Gasteiger partial charge in [0.25, 0.3) is 0 Å². The van der Waals surface area contributed by atoms with Gasteiger partial charge in [0.05, 0.1) is 44.9 Å². The minimum Gasteiger partial charge on any atom is -0.514 e. The van der Waals surface area contributed by atoms with E-state index in [-0.39, 0.29) is 0 Å². The molecule has 4 nitrogen and oxygen atoms in total. The van der Waals surface area contributed by atoms with E-state index >= 15 is 0 Å². The highest BCUT2D eigenvalue weighted by Gasteiger charge is 2.69. The second-order valence-corrected chi connectivity index (χ2v) is 55.1. The smallest absolute Gasteiger partial charge is 0.512 e. The fourth-order valence-corrected chi connectivity index (χ4v) is 93.5. The zero-order chi connectivity index (χ0) is 23.2. The molecule has 0 heterocycles. The summed E-state index contributed by atoms with van der Waals surface area (Å²) in [5.41, 5.74) is 3.35. The van der Waals surface area contributed by atoms with E-state index in [1.54, 1.807) is 7.11 Å². The van der Waals surface area contributed by atoms with Crippen molar-refractivity contribution >= 4 is 77.2 Å². The quantitative estimate of drug-likeness (QED) is 0.299. The Balaban J connectivity index is 3.63. The topological polar surface area (TPSA) is 36.9 Å². The van der Waals surface area contributed by atoms with Crippen LogP contribution in [0.1, 0.15) is 16.7 Å². The first-order valence-electron chi connectivity index (χ1n) is 8.56. The number of rotatable bonds is 10. The summed E-state index contributed by atoms with van der Waals surface area (Å²) >= 11 is 0. The molecule has 1 aromatic rings.